The predicted octanol–water partition coefficient (Wildman–Crippen LogP) is 1.75. The Labute approximate surface area is 82.3 Å². The molecule has 0 bridgehead atoms. The van der Waals surface area contributed by atoms with Crippen molar-refractivity contribution >= 4 is 23.1 Å². The Hall–Kier alpha value is -1.40. The molecular formula is C9H10ClN3. The minimum Gasteiger partial charge on any atom is -0.399 e. The highest BCUT2D eigenvalue weighted by molar-refractivity contribution is 6.29. The van der Waals surface area contributed by atoms with E-state index in [1.807, 2.05) is 0 Å². The molecule has 0 aliphatic rings. The minimum atomic E-state index is 0.378. The Balaban J connectivity index is 2.62. The van der Waals surface area contributed by atoms with Crippen molar-refractivity contribution in [2.24, 2.45) is 0 Å². The molecule has 0 aromatic carbocycles. The highest BCUT2D eigenvalue weighted by Gasteiger charge is 1.96. The molecule has 0 fully saturated rings. The quantitative estimate of drug-likeness (QED) is 0.439. The van der Waals surface area contributed by atoms with Gasteiger partial charge in [-0.1, -0.05) is 11.6 Å². The van der Waals surface area contributed by atoms with Crippen LogP contribution in [0.25, 0.3) is 0 Å². The second kappa shape index (κ2) is 4.58. The summed E-state index contributed by atoms with van der Waals surface area (Å²) in [5.74, 6) is 3.17. The van der Waals surface area contributed by atoms with E-state index >= 15 is 0 Å². The first-order valence-corrected chi connectivity index (χ1v) is 4.20. The van der Waals surface area contributed by atoms with E-state index in [4.69, 9.17) is 23.8 Å². The van der Waals surface area contributed by atoms with Gasteiger partial charge in [-0.2, -0.15) is 0 Å². The van der Waals surface area contributed by atoms with E-state index < -0.39 is 0 Å². The molecule has 4 heteroatoms. The smallest absolute Gasteiger partial charge is 0.133 e. The molecule has 0 saturated carbocycles. The molecule has 0 radical (unpaired) electrons. The van der Waals surface area contributed by atoms with E-state index in [1.54, 1.807) is 12.1 Å². The fourth-order valence-corrected chi connectivity index (χ4v) is 1.09. The number of rotatable bonds is 3. The molecule has 3 nitrogen and oxygen atoms in total. The molecule has 0 aliphatic carbocycles. The number of hydrogen-bond acceptors (Lipinski definition) is 3. The lowest BCUT2D eigenvalue weighted by Gasteiger charge is -2.04. The second-order valence-corrected chi connectivity index (χ2v) is 2.88. The van der Waals surface area contributed by atoms with Crippen molar-refractivity contribution in [3.63, 3.8) is 0 Å². The standard InChI is InChI=1S/C9H10ClN3/c1-2-3-4-12-9-6-7(11)5-8(10)13-9/h1,5-6H,3-4H2,(H3,11,12,13). The number of anilines is 2. The highest BCUT2D eigenvalue weighted by atomic mass is 35.5. The average molecular weight is 196 g/mol. The number of aromatic nitrogens is 1. The van der Waals surface area contributed by atoms with Crippen LogP contribution in [0.4, 0.5) is 11.5 Å². The molecule has 13 heavy (non-hydrogen) atoms. The van der Waals surface area contributed by atoms with Crippen molar-refractivity contribution in [2.45, 2.75) is 6.42 Å². The maximum absolute atomic E-state index is 5.69. The van der Waals surface area contributed by atoms with Crippen molar-refractivity contribution in [3.05, 3.63) is 17.3 Å². The van der Waals surface area contributed by atoms with Crippen LogP contribution >= 0.6 is 11.6 Å². The van der Waals surface area contributed by atoms with Crippen molar-refractivity contribution in [1.29, 1.82) is 0 Å². The maximum Gasteiger partial charge on any atom is 0.133 e. The van der Waals surface area contributed by atoms with E-state index in [0.717, 1.165) is 0 Å². The van der Waals surface area contributed by atoms with Gasteiger partial charge in [-0.15, -0.1) is 12.3 Å². The van der Waals surface area contributed by atoms with Gasteiger partial charge in [-0.05, 0) is 6.07 Å². The van der Waals surface area contributed by atoms with Crippen molar-refractivity contribution in [2.75, 3.05) is 17.6 Å². The normalized spacial score (nSPS) is 9.23. The Bertz CT molecular complexity index is 310. The fraction of sp³-hybridized carbons (Fsp3) is 0.222. The van der Waals surface area contributed by atoms with E-state index in [0.29, 0.717) is 29.6 Å². The van der Waals surface area contributed by atoms with Crippen LogP contribution in [0.15, 0.2) is 12.1 Å². The van der Waals surface area contributed by atoms with E-state index in [-0.39, 0.29) is 0 Å². The van der Waals surface area contributed by atoms with E-state index in [9.17, 15) is 0 Å². The zero-order valence-electron chi connectivity index (χ0n) is 7.05. The zero-order valence-corrected chi connectivity index (χ0v) is 7.80. The number of nitrogens with zero attached hydrogens (tertiary/aromatic N) is 1. The van der Waals surface area contributed by atoms with Crippen LogP contribution in [0.3, 0.4) is 0 Å². The van der Waals surface area contributed by atoms with Gasteiger partial charge in [0.1, 0.15) is 11.0 Å². The van der Waals surface area contributed by atoms with Crippen molar-refractivity contribution in [3.8, 4) is 12.3 Å². The first-order chi connectivity index (χ1) is 6.22. The molecule has 0 saturated heterocycles. The third kappa shape index (κ3) is 3.22. The SMILES string of the molecule is C#CCCNc1cc(N)cc(Cl)n1. The molecule has 0 aliphatic heterocycles. The summed E-state index contributed by atoms with van der Waals surface area (Å²) in [7, 11) is 0. The van der Waals surface area contributed by atoms with Gasteiger partial charge in [0.25, 0.3) is 0 Å². The van der Waals surface area contributed by atoms with Gasteiger partial charge in [-0.3, -0.25) is 0 Å². The molecule has 3 N–H and O–H groups in total. The van der Waals surface area contributed by atoms with Gasteiger partial charge < -0.3 is 11.1 Å². The van der Waals surface area contributed by atoms with Crippen LogP contribution in [0.2, 0.25) is 5.15 Å². The van der Waals surface area contributed by atoms with Crippen LogP contribution in [0, 0.1) is 12.3 Å². The first kappa shape index (κ1) is 9.69. The van der Waals surface area contributed by atoms with E-state index in [1.165, 1.54) is 0 Å². The third-order valence-corrected chi connectivity index (χ3v) is 1.59. The van der Waals surface area contributed by atoms with Crippen LogP contribution in [-0.4, -0.2) is 11.5 Å². The molecule has 1 rings (SSSR count). The Kier molecular flexibility index (Phi) is 3.41. The molecule has 68 valence electrons. The van der Waals surface area contributed by atoms with Gasteiger partial charge in [0, 0.05) is 24.7 Å². The fourth-order valence-electron chi connectivity index (χ4n) is 0.870. The summed E-state index contributed by atoms with van der Waals surface area (Å²) >= 11 is 5.69. The second-order valence-electron chi connectivity index (χ2n) is 2.49. The molecule has 1 aromatic rings. The Morgan fingerprint density at radius 3 is 3.00 bits per heavy atom. The lowest BCUT2D eigenvalue weighted by molar-refractivity contribution is 1.07. The molecule has 0 atom stereocenters. The number of nitrogens with two attached hydrogens (primary N) is 1. The molecule has 1 aromatic heterocycles. The molecular weight excluding hydrogens is 186 g/mol. The summed E-state index contributed by atoms with van der Waals surface area (Å²) in [5, 5.41) is 3.39. The number of terminal acetylenes is 1. The van der Waals surface area contributed by atoms with E-state index in [2.05, 4.69) is 16.2 Å². The Morgan fingerprint density at radius 1 is 1.62 bits per heavy atom. The topological polar surface area (TPSA) is 50.9 Å². The first-order valence-electron chi connectivity index (χ1n) is 3.83. The summed E-state index contributed by atoms with van der Waals surface area (Å²) in [6.07, 6.45) is 5.74. The Morgan fingerprint density at radius 2 is 2.38 bits per heavy atom. The van der Waals surface area contributed by atoms with Crippen molar-refractivity contribution in [1.82, 2.24) is 4.98 Å². The number of nitrogen functional groups attached to an aromatic ring is 1. The molecule has 0 unspecified atom stereocenters. The summed E-state index contributed by atoms with van der Waals surface area (Å²) in [4.78, 5) is 4.01. The molecule has 0 spiro atoms. The summed E-state index contributed by atoms with van der Waals surface area (Å²) < 4.78 is 0. The zero-order chi connectivity index (χ0) is 9.68. The summed E-state index contributed by atoms with van der Waals surface area (Å²) in [6, 6.07) is 3.30. The van der Waals surface area contributed by atoms with Gasteiger partial charge in [0.15, 0.2) is 0 Å². The number of halogens is 1. The average Bonchev–Trinajstić information content (AvgIpc) is 2.03. The number of hydrogen-bond donors (Lipinski definition) is 2. The predicted molar refractivity (Wildman–Crippen MR) is 55.6 cm³/mol. The maximum atomic E-state index is 5.69. The monoisotopic (exact) mass is 195 g/mol. The van der Waals surface area contributed by atoms with Crippen LogP contribution < -0.4 is 11.1 Å². The van der Waals surface area contributed by atoms with Gasteiger partial charge >= 0.3 is 0 Å². The largest absolute Gasteiger partial charge is 0.399 e. The van der Waals surface area contributed by atoms with Gasteiger partial charge in [0.2, 0.25) is 0 Å². The molecule has 1 heterocycles. The number of pyridine rings is 1. The molecule has 0 amide bonds. The summed E-state index contributed by atoms with van der Waals surface area (Å²) in [5.41, 5.74) is 6.15. The third-order valence-electron chi connectivity index (χ3n) is 1.39. The van der Waals surface area contributed by atoms with Gasteiger partial charge in [0.05, 0.1) is 0 Å². The highest BCUT2D eigenvalue weighted by Crippen LogP contribution is 2.15. The number of nitrogens with one attached hydrogen (secondary N) is 1. The minimum absolute atomic E-state index is 0.378. The van der Waals surface area contributed by atoms with Crippen LogP contribution in [-0.2, 0) is 0 Å². The van der Waals surface area contributed by atoms with Crippen molar-refractivity contribution < 1.29 is 0 Å². The lowest BCUT2D eigenvalue weighted by atomic mass is 10.4. The lowest BCUT2D eigenvalue weighted by Crippen LogP contribution is -2.03. The van der Waals surface area contributed by atoms with Gasteiger partial charge in [-0.25, -0.2) is 4.98 Å². The summed E-state index contributed by atoms with van der Waals surface area (Å²) in [6.45, 7) is 0.670. The van der Waals surface area contributed by atoms with Crippen LogP contribution in [0.5, 0.6) is 0 Å². The van der Waals surface area contributed by atoms with Crippen LogP contribution in [0.1, 0.15) is 6.42 Å².